The highest BCUT2D eigenvalue weighted by atomic mass is 32.2. The molecule has 0 aliphatic carbocycles. The smallest absolute Gasteiger partial charge is 0.262 e. The lowest BCUT2D eigenvalue weighted by Gasteiger charge is -2.10. The van der Waals surface area contributed by atoms with E-state index in [1.165, 1.54) is 36.4 Å². The minimum absolute atomic E-state index is 0.00466. The first kappa shape index (κ1) is 25.8. The molecule has 0 saturated carbocycles. The first-order chi connectivity index (χ1) is 17.7. The summed E-state index contributed by atoms with van der Waals surface area (Å²) in [6, 6.07) is 17.8. The third kappa shape index (κ3) is 7.14. The van der Waals surface area contributed by atoms with Gasteiger partial charge in [-0.1, -0.05) is 31.1 Å². The normalized spacial score (nSPS) is 11.4. The van der Waals surface area contributed by atoms with Crippen LogP contribution in [0.25, 0.3) is 0 Å². The van der Waals surface area contributed by atoms with Crippen LogP contribution in [0, 0.1) is 5.82 Å². The van der Waals surface area contributed by atoms with E-state index in [1.54, 1.807) is 12.1 Å². The number of ether oxygens (including phenoxy) is 1. The monoisotopic (exact) mass is 524 g/mol. The average molecular weight is 525 g/mol. The topological polar surface area (TPSA) is 123 Å². The second-order valence-electron chi connectivity index (χ2n) is 8.50. The lowest BCUT2D eigenvalue weighted by molar-refractivity contribution is -0.118. The molecule has 0 spiro atoms. The van der Waals surface area contributed by atoms with Crippen molar-refractivity contribution in [2.24, 2.45) is 0 Å². The molecule has 2 N–H and O–H groups in total. The largest absolute Gasteiger partial charge is 0.484 e. The number of anilines is 2. The van der Waals surface area contributed by atoms with Gasteiger partial charge in [0.15, 0.2) is 12.4 Å². The van der Waals surface area contributed by atoms with Crippen LogP contribution >= 0.6 is 0 Å². The Labute approximate surface area is 213 Å². The number of nitrogens with one attached hydrogen (secondary N) is 2. The van der Waals surface area contributed by atoms with Gasteiger partial charge in [-0.2, -0.15) is 4.98 Å². The van der Waals surface area contributed by atoms with E-state index in [-0.39, 0.29) is 29.0 Å². The molecule has 0 unspecified atom stereocenters. The van der Waals surface area contributed by atoms with Crippen molar-refractivity contribution >= 4 is 27.3 Å². The summed E-state index contributed by atoms with van der Waals surface area (Å²) in [5, 5.41) is 6.72. The second kappa shape index (κ2) is 11.2. The van der Waals surface area contributed by atoms with Crippen LogP contribution in [-0.4, -0.2) is 31.1 Å². The molecule has 9 nitrogen and oxygen atoms in total. The van der Waals surface area contributed by atoms with Gasteiger partial charge in [0.1, 0.15) is 11.6 Å². The number of benzene rings is 3. The Morgan fingerprint density at radius 2 is 1.62 bits per heavy atom. The van der Waals surface area contributed by atoms with Gasteiger partial charge in [0.25, 0.3) is 15.9 Å². The van der Waals surface area contributed by atoms with E-state index in [2.05, 4.69) is 20.2 Å². The molecule has 4 aromatic rings. The molecule has 0 bridgehead atoms. The number of sulfonamides is 1. The van der Waals surface area contributed by atoms with Gasteiger partial charge in [-0.05, 0) is 66.2 Å². The van der Waals surface area contributed by atoms with Crippen molar-refractivity contribution in [1.29, 1.82) is 0 Å². The van der Waals surface area contributed by atoms with E-state index < -0.39 is 15.8 Å². The summed E-state index contributed by atoms with van der Waals surface area (Å²) in [6.07, 6.45) is 0.513. The van der Waals surface area contributed by atoms with Crippen LogP contribution in [0.2, 0.25) is 0 Å². The van der Waals surface area contributed by atoms with Crippen LogP contribution in [-0.2, 0) is 21.2 Å². The molecule has 0 fully saturated rings. The van der Waals surface area contributed by atoms with Gasteiger partial charge in [0.2, 0.25) is 5.89 Å². The highest BCUT2D eigenvalue weighted by Gasteiger charge is 2.15. The quantitative estimate of drug-likeness (QED) is 0.307. The van der Waals surface area contributed by atoms with E-state index in [4.69, 9.17) is 9.26 Å². The van der Waals surface area contributed by atoms with Gasteiger partial charge in [-0.25, -0.2) is 12.8 Å². The van der Waals surface area contributed by atoms with Gasteiger partial charge < -0.3 is 14.6 Å². The summed E-state index contributed by atoms with van der Waals surface area (Å²) >= 11 is 0. The average Bonchev–Trinajstić information content (AvgIpc) is 3.34. The zero-order valence-electron chi connectivity index (χ0n) is 20.1. The van der Waals surface area contributed by atoms with Crippen molar-refractivity contribution in [3.05, 3.63) is 95.9 Å². The van der Waals surface area contributed by atoms with Gasteiger partial charge in [0, 0.05) is 23.7 Å². The summed E-state index contributed by atoms with van der Waals surface area (Å²) < 4.78 is 51.1. The number of hydrogen-bond donors (Lipinski definition) is 2. The zero-order valence-corrected chi connectivity index (χ0v) is 21.0. The standard InChI is InChI=1S/C26H25FN4O5S/c1-17(2)26-29-24(30-36-26)15-18-3-7-20(8-4-18)28-25(32)16-35-22-11-13-23(14-12-22)37(33,34)31-21-9-5-19(27)6-10-21/h3-14,17,31H,15-16H2,1-2H3,(H,28,32). The van der Waals surface area contributed by atoms with E-state index >= 15 is 0 Å². The Balaban J connectivity index is 1.26. The molecule has 1 amide bonds. The van der Waals surface area contributed by atoms with Crippen molar-refractivity contribution in [3.63, 3.8) is 0 Å². The van der Waals surface area contributed by atoms with Crippen molar-refractivity contribution in [2.45, 2.75) is 31.1 Å². The van der Waals surface area contributed by atoms with Crippen molar-refractivity contribution in [3.8, 4) is 5.75 Å². The van der Waals surface area contributed by atoms with Crippen LogP contribution in [0.1, 0.15) is 37.0 Å². The lowest BCUT2D eigenvalue weighted by atomic mass is 10.1. The maximum absolute atomic E-state index is 13.0. The first-order valence-electron chi connectivity index (χ1n) is 11.4. The molecular weight excluding hydrogens is 499 g/mol. The number of carbonyl (C=O) groups excluding carboxylic acids is 1. The van der Waals surface area contributed by atoms with Crippen LogP contribution in [0.4, 0.5) is 15.8 Å². The van der Waals surface area contributed by atoms with Gasteiger partial charge in [-0.15, -0.1) is 0 Å². The predicted octanol–water partition coefficient (Wildman–Crippen LogP) is 4.74. The number of rotatable bonds is 10. The number of carbonyl (C=O) groups is 1. The molecule has 1 aromatic heterocycles. The van der Waals surface area contributed by atoms with Crippen LogP contribution in [0.5, 0.6) is 5.75 Å². The van der Waals surface area contributed by atoms with Gasteiger partial charge in [-0.3, -0.25) is 9.52 Å². The molecule has 0 radical (unpaired) electrons. The van der Waals surface area contributed by atoms with E-state index in [0.717, 1.165) is 17.7 Å². The highest BCUT2D eigenvalue weighted by molar-refractivity contribution is 7.92. The fraction of sp³-hybridized carbons (Fsp3) is 0.192. The number of aromatic nitrogens is 2. The zero-order chi connectivity index (χ0) is 26.4. The number of halogens is 1. The molecule has 3 aromatic carbocycles. The fourth-order valence-corrected chi connectivity index (χ4v) is 4.31. The molecule has 37 heavy (non-hydrogen) atoms. The number of hydrogen-bond acceptors (Lipinski definition) is 7. The predicted molar refractivity (Wildman–Crippen MR) is 135 cm³/mol. The first-order valence-corrected chi connectivity index (χ1v) is 12.9. The Kier molecular flexibility index (Phi) is 7.83. The summed E-state index contributed by atoms with van der Waals surface area (Å²) in [4.78, 5) is 16.6. The van der Waals surface area contributed by atoms with E-state index in [1.807, 2.05) is 26.0 Å². The van der Waals surface area contributed by atoms with E-state index in [0.29, 0.717) is 29.6 Å². The summed E-state index contributed by atoms with van der Waals surface area (Å²) in [5.74, 6) is 0.841. The van der Waals surface area contributed by atoms with E-state index in [9.17, 15) is 17.6 Å². The third-order valence-electron chi connectivity index (χ3n) is 5.18. The molecule has 0 saturated heterocycles. The minimum atomic E-state index is -3.86. The summed E-state index contributed by atoms with van der Waals surface area (Å²) in [5.41, 5.74) is 1.80. The molecule has 0 aliphatic rings. The molecule has 0 aliphatic heterocycles. The Morgan fingerprint density at radius 1 is 0.973 bits per heavy atom. The van der Waals surface area contributed by atoms with Crippen molar-refractivity contribution in [1.82, 2.24) is 10.1 Å². The Hall–Kier alpha value is -4.25. The number of amides is 1. The number of nitrogens with zero attached hydrogens (tertiary/aromatic N) is 2. The minimum Gasteiger partial charge on any atom is -0.484 e. The van der Waals surface area contributed by atoms with Gasteiger partial charge in [0.05, 0.1) is 4.90 Å². The van der Waals surface area contributed by atoms with Crippen LogP contribution < -0.4 is 14.8 Å². The molecule has 4 rings (SSSR count). The second-order valence-corrected chi connectivity index (χ2v) is 10.2. The Morgan fingerprint density at radius 3 is 2.24 bits per heavy atom. The van der Waals surface area contributed by atoms with Crippen molar-refractivity contribution < 1.29 is 26.9 Å². The van der Waals surface area contributed by atoms with Crippen molar-refractivity contribution in [2.75, 3.05) is 16.6 Å². The molecular formula is C26H25FN4O5S. The summed E-state index contributed by atoms with van der Waals surface area (Å²) in [6.45, 7) is 3.70. The Bertz CT molecular complexity index is 1450. The SMILES string of the molecule is CC(C)c1nc(Cc2ccc(NC(=O)COc3ccc(S(=O)(=O)Nc4ccc(F)cc4)cc3)cc2)no1. The summed E-state index contributed by atoms with van der Waals surface area (Å²) in [7, 11) is -3.86. The van der Waals surface area contributed by atoms with Crippen LogP contribution in [0.15, 0.2) is 82.2 Å². The molecule has 0 atom stereocenters. The maximum Gasteiger partial charge on any atom is 0.262 e. The van der Waals surface area contributed by atoms with Crippen LogP contribution in [0.3, 0.4) is 0 Å². The lowest BCUT2D eigenvalue weighted by Crippen LogP contribution is -2.20. The van der Waals surface area contributed by atoms with Gasteiger partial charge >= 0.3 is 0 Å². The highest BCUT2D eigenvalue weighted by Crippen LogP contribution is 2.20. The maximum atomic E-state index is 13.0. The third-order valence-corrected chi connectivity index (χ3v) is 6.58. The fourth-order valence-electron chi connectivity index (χ4n) is 3.26. The molecule has 192 valence electrons. The molecule has 11 heteroatoms. The molecule has 1 heterocycles.